The van der Waals surface area contributed by atoms with Crippen molar-refractivity contribution >= 4 is 30.2 Å². The molecule has 6 nitrogen and oxygen atoms in total. The zero-order chi connectivity index (χ0) is 18.5. The van der Waals surface area contributed by atoms with Gasteiger partial charge in [0.1, 0.15) is 6.10 Å². The minimum Gasteiger partial charge on any atom is -0.770 e. The van der Waals surface area contributed by atoms with E-state index in [9.17, 15) is 19.0 Å². The van der Waals surface area contributed by atoms with Crippen LogP contribution in [0, 0.1) is 0 Å². The van der Waals surface area contributed by atoms with E-state index >= 15 is 0 Å². The third-order valence-corrected chi connectivity index (χ3v) is 6.19. The Morgan fingerprint density at radius 2 is 1.65 bits per heavy atom. The Balaban J connectivity index is 0.00000625. The molecule has 1 heterocycles. The molecule has 146 valence electrons. The number of unbranched alkanes of at least 4 members (excludes halogenated alkanes) is 9. The van der Waals surface area contributed by atoms with E-state index in [2.05, 4.69) is 11.4 Å². The summed E-state index contributed by atoms with van der Waals surface area (Å²) in [7, 11) is -4.51. The van der Waals surface area contributed by atoms with E-state index in [1.54, 1.807) is 0 Å². The summed E-state index contributed by atoms with van der Waals surface area (Å²) in [6.45, 7) is 2.02. The molecule has 0 aromatic heterocycles. The van der Waals surface area contributed by atoms with Gasteiger partial charge >= 0.3 is 35.3 Å². The Labute approximate surface area is 183 Å². The van der Waals surface area contributed by atoms with Crippen molar-refractivity contribution in [2.45, 2.75) is 83.7 Å². The van der Waals surface area contributed by atoms with Gasteiger partial charge in [-0.3, -0.25) is 9.36 Å². The van der Waals surface area contributed by atoms with Crippen LogP contribution in [0.15, 0.2) is 0 Å². The fourth-order valence-electron chi connectivity index (χ4n) is 2.57. The van der Waals surface area contributed by atoms with Crippen LogP contribution in [0.5, 0.6) is 0 Å². The van der Waals surface area contributed by atoms with Crippen LogP contribution in [0.1, 0.15) is 77.6 Å². The maximum atomic E-state index is 11.8. The summed E-state index contributed by atoms with van der Waals surface area (Å²) in [5, 5.41) is 0.0477. The number of hydrogen-bond donors (Lipinski definition) is 0. The second kappa shape index (κ2) is 15.5. The molecule has 1 saturated heterocycles. The Morgan fingerprint density at radius 3 is 2.19 bits per heavy atom. The third-order valence-electron chi connectivity index (χ3n) is 4.09. The van der Waals surface area contributed by atoms with Crippen molar-refractivity contribution in [1.82, 2.24) is 0 Å². The minimum atomic E-state index is -4.51. The second-order valence-electron chi connectivity index (χ2n) is 6.41. The van der Waals surface area contributed by atoms with E-state index in [0.717, 1.165) is 24.6 Å². The summed E-state index contributed by atoms with van der Waals surface area (Å²) >= 11 is 1.08. The summed E-state index contributed by atoms with van der Waals surface area (Å²) in [6, 6.07) is 0. The molecule has 26 heavy (non-hydrogen) atoms. The Morgan fingerprint density at radius 1 is 1.12 bits per heavy atom. The van der Waals surface area contributed by atoms with Crippen molar-refractivity contribution < 1.29 is 57.9 Å². The first-order chi connectivity index (χ1) is 12.0. The summed E-state index contributed by atoms with van der Waals surface area (Å²) in [6.07, 6.45) is 12.0. The van der Waals surface area contributed by atoms with Crippen molar-refractivity contribution in [1.29, 1.82) is 0 Å². The zero-order valence-electron chi connectivity index (χ0n) is 16.1. The molecule has 0 spiro atoms. The largest absolute Gasteiger partial charge is 1.00 e. The molecule has 0 aromatic carbocycles. The quantitative estimate of drug-likeness (QED) is 0.256. The molecule has 9 heteroatoms. The number of cyclic esters (lactones) is 1. The predicted octanol–water partition coefficient (Wildman–Crippen LogP) is 1.65. The standard InChI is InChI=1S/C17H31O6PS.Na/c1-2-3-4-5-6-7-8-9-10-11-12-16(18)25-14-15-13-22-24(20,21)17(19)23-15;/h15H,2-14H2,1H3,(H,20,21);/q;+1/p-1. The van der Waals surface area contributed by atoms with Gasteiger partial charge in [0, 0.05) is 12.2 Å². The molecule has 0 aromatic rings. The van der Waals surface area contributed by atoms with E-state index in [0.29, 0.717) is 6.42 Å². The van der Waals surface area contributed by atoms with E-state index in [1.807, 2.05) is 0 Å². The molecule has 0 radical (unpaired) electrons. The van der Waals surface area contributed by atoms with Crippen LogP contribution in [0.2, 0.25) is 0 Å². The van der Waals surface area contributed by atoms with E-state index < -0.39 is 19.4 Å². The van der Waals surface area contributed by atoms with Crippen molar-refractivity contribution in [3.63, 3.8) is 0 Å². The second-order valence-corrected chi connectivity index (χ2v) is 9.11. The van der Waals surface area contributed by atoms with Crippen LogP contribution in [-0.4, -0.2) is 29.3 Å². The summed E-state index contributed by atoms with van der Waals surface area (Å²) < 4.78 is 20.3. The summed E-state index contributed by atoms with van der Waals surface area (Å²) in [5.74, 6) is 0.238. The van der Waals surface area contributed by atoms with E-state index in [1.165, 1.54) is 51.4 Å². The number of ether oxygens (including phenoxy) is 1. The van der Waals surface area contributed by atoms with Crippen molar-refractivity contribution in [2.24, 2.45) is 0 Å². The summed E-state index contributed by atoms with van der Waals surface area (Å²) in [4.78, 5) is 34.0. The van der Waals surface area contributed by atoms with Gasteiger partial charge in [-0.25, -0.2) is 4.79 Å². The van der Waals surface area contributed by atoms with Gasteiger partial charge < -0.3 is 14.2 Å². The zero-order valence-corrected chi connectivity index (χ0v) is 19.8. The first kappa shape index (κ1) is 26.6. The molecule has 1 rings (SSSR count). The average molecular weight is 416 g/mol. The first-order valence-corrected chi connectivity index (χ1v) is 11.8. The van der Waals surface area contributed by atoms with Gasteiger partial charge in [-0.15, -0.1) is 0 Å². The smallest absolute Gasteiger partial charge is 0.770 e. The number of carbonyl (C=O) groups excluding carboxylic acids is 2. The van der Waals surface area contributed by atoms with Crippen LogP contribution < -0.4 is 34.5 Å². The number of rotatable bonds is 13. The molecule has 0 N–H and O–H groups in total. The fraction of sp³-hybridized carbons (Fsp3) is 0.882. The van der Waals surface area contributed by atoms with Gasteiger partial charge in [-0.2, -0.15) is 0 Å². The average Bonchev–Trinajstić information content (AvgIpc) is 2.58. The van der Waals surface area contributed by atoms with Crippen LogP contribution >= 0.6 is 19.4 Å². The normalized spacial score (nSPS) is 22.5. The molecule has 2 unspecified atom stereocenters. The molecular formula is C17H30NaO6PS. The Hall–Kier alpha value is 0.640. The summed E-state index contributed by atoms with van der Waals surface area (Å²) in [5.41, 5.74) is -1.34. The fourth-order valence-corrected chi connectivity index (χ4v) is 4.14. The van der Waals surface area contributed by atoms with E-state index in [-0.39, 0.29) is 47.0 Å². The molecule has 0 saturated carbocycles. The molecule has 1 aliphatic heterocycles. The van der Waals surface area contributed by atoms with Crippen LogP contribution in [0.4, 0.5) is 4.79 Å². The van der Waals surface area contributed by atoms with Crippen molar-refractivity contribution in [2.75, 3.05) is 12.4 Å². The molecule has 0 amide bonds. The molecule has 1 fully saturated rings. The number of hydrogen-bond acceptors (Lipinski definition) is 7. The predicted molar refractivity (Wildman–Crippen MR) is 97.8 cm³/mol. The van der Waals surface area contributed by atoms with Crippen molar-refractivity contribution in [3.8, 4) is 0 Å². The molecular weight excluding hydrogens is 386 g/mol. The van der Waals surface area contributed by atoms with Gasteiger partial charge in [0.2, 0.25) is 7.60 Å². The number of thioether (sulfide) groups is 1. The van der Waals surface area contributed by atoms with Gasteiger partial charge in [-0.1, -0.05) is 76.5 Å². The van der Waals surface area contributed by atoms with Crippen LogP contribution in [-0.2, 0) is 18.6 Å². The first-order valence-electron chi connectivity index (χ1n) is 9.28. The van der Waals surface area contributed by atoms with Crippen LogP contribution in [0.3, 0.4) is 0 Å². The maximum absolute atomic E-state index is 11.8. The van der Waals surface area contributed by atoms with Gasteiger partial charge in [-0.05, 0) is 6.42 Å². The maximum Gasteiger partial charge on any atom is 1.00 e. The van der Waals surface area contributed by atoms with Gasteiger partial charge in [0.05, 0.1) is 6.61 Å². The van der Waals surface area contributed by atoms with E-state index in [4.69, 9.17) is 4.74 Å². The Bertz CT molecular complexity index is 463. The van der Waals surface area contributed by atoms with Gasteiger partial charge in [0.15, 0.2) is 5.12 Å². The third kappa shape index (κ3) is 12.2. The van der Waals surface area contributed by atoms with Gasteiger partial charge in [0.25, 0.3) is 0 Å². The number of carbonyl (C=O) groups is 2. The minimum absolute atomic E-state index is 0. The molecule has 0 aliphatic carbocycles. The van der Waals surface area contributed by atoms with Crippen molar-refractivity contribution in [3.05, 3.63) is 0 Å². The topological polar surface area (TPSA) is 92.7 Å². The SMILES string of the molecule is CCCCCCCCCCCCC(=O)SCC1COP(=O)([O-])C(=O)O1.[Na+]. The Kier molecular flexibility index (Phi) is 15.9. The molecule has 1 aliphatic rings. The van der Waals surface area contributed by atoms with Crippen LogP contribution in [0.25, 0.3) is 0 Å². The molecule has 2 atom stereocenters. The molecule has 0 bridgehead atoms. The monoisotopic (exact) mass is 416 g/mol.